The molecule has 4 nitrogen and oxygen atoms in total. The number of thiocarbonyl (C=S) groups is 1. The largest absolute Gasteiger partial charge is 0.389 e. The number of nitrogens with two attached hydrogens (primary N) is 1. The lowest BCUT2D eigenvalue weighted by Crippen LogP contribution is -2.35. The highest BCUT2D eigenvalue weighted by molar-refractivity contribution is 7.89. The van der Waals surface area contributed by atoms with Crippen molar-refractivity contribution in [3.8, 4) is 0 Å². The summed E-state index contributed by atoms with van der Waals surface area (Å²) in [6.45, 7) is 4.42. The fourth-order valence-electron chi connectivity index (χ4n) is 2.69. The fraction of sp³-hybridized carbons (Fsp3) is 0.500. The molecule has 1 heterocycles. The van der Waals surface area contributed by atoms with Crippen molar-refractivity contribution in [1.29, 1.82) is 0 Å². The number of benzene rings is 1. The van der Waals surface area contributed by atoms with Gasteiger partial charge in [-0.15, -0.1) is 0 Å². The van der Waals surface area contributed by atoms with Crippen molar-refractivity contribution in [2.45, 2.75) is 44.0 Å². The van der Waals surface area contributed by atoms with E-state index >= 15 is 0 Å². The van der Waals surface area contributed by atoms with E-state index in [0.717, 1.165) is 24.8 Å². The van der Waals surface area contributed by atoms with E-state index < -0.39 is 10.0 Å². The molecule has 0 spiro atoms. The van der Waals surface area contributed by atoms with Crippen molar-refractivity contribution in [3.05, 3.63) is 29.3 Å². The third-order valence-electron chi connectivity index (χ3n) is 3.85. The van der Waals surface area contributed by atoms with Crippen molar-refractivity contribution < 1.29 is 8.42 Å². The minimum atomic E-state index is -3.47. The molecule has 2 N–H and O–H groups in total. The first-order valence-corrected chi connectivity index (χ1v) is 8.65. The monoisotopic (exact) mass is 312 g/mol. The predicted molar refractivity (Wildman–Crippen MR) is 84.3 cm³/mol. The van der Waals surface area contributed by atoms with Crippen LogP contribution in [0.2, 0.25) is 0 Å². The zero-order valence-electron chi connectivity index (χ0n) is 11.8. The van der Waals surface area contributed by atoms with Crippen molar-refractivity contribution in [3.63, 3.8) is 0 Å². The summed E-state index contributed by atoms with van der Waals surface area (Å²) in [5, 5.41) is 0. The first-order chi connectivity index (χ1) is 9.37. The van der Waals surface area contributed by atoms with Gasteiger partial charge in [-0.05, 0) is 37.8 Å². The quantitative estimate of drug-likeness (QED) is 0.866. The molecule has 20 heavy (non-hydrogen) atoms. The second-order valence-electron chi connectivity index (χ2n) is 5.16. The molecule has 0 saturated carbocycles. The van der Waals surface area contributed by atoms with Crippen LogP contribution in [0.3, 0.4) is 0 Å². The Kier molecular flexibility index (Phi) is 4.46. The normalized spacial score (nSPS) is 20.2. The van der Waals surface area contributed by atoms with E-state index in [1.165, 1.54) is 0 Å². The number of hydrogen-bond acceptors (Lipinski definition) is 3. The Morgan fingerprint density at radius 3 is 2.80 bits per heavy atom. The Morgan fingerprint density at radius 1 is 1.50 bits per heavy atom. The maximum Gasteiger partial charge on any atom is 0.243 e. The lowest BCUT2D eigenvalue weighted by atomic mass is 10.1. The molecule has 1 saturated heterocycles. The fourth-order valence-corrected chi connectivity index (χ4v) is 4.84. The van der Waals surface area contributed by atoms with E-state index in [2.05, 4.69) is 0 Å². The van der Waals surface area contributed by atoms with Crippen molar-refractivity contribution in [2.75, 3.05) is 6.54 Å². The zero-order chi connectivity index (χ0) is 14.9. The minimum Gasteiger partial charge on any atom is -0.389 e. The van der Waals surface area contributed by atoms with E-state index in [4.69, 9.17) is 18.0 Å². The van der Waals surface area contributed by atoms with Gasteiger partial charge in [0.1, 0.15) is 4.99 Å². The van der Waals surface area contributed by atoms with Gasteiger partial charge < -0.3 is 5.73 Å². The second-order valence-corrected chi connectivity index (χ2v) is 7.46. The van der Waals surface area contributed by atoms with Gasteiger partial charge in [0.05, 0.1) is 4.90 Å². The van der Waals surface area contributed by atoms with Crippen LogP contribution in [-0.2, 0) is 10.0 Å². The molecular weight excluding hydrogens is 292 g/mol. The molecule has 2 rings (SSSR count). The summed E-state index contributed by atoms with van der Waals surface area (Å²) in [7, 11) is -3.47. The highest BCUT2D eigenvalue weighted by atomic mass is 32.2. The van der Waals surface area contributed by atoms with Gasteiger partial charge >= 0.3 is 0 Å². The maximum absolute atomic E-state index is 12.8. The van der Waals surface area contributed by atoms with Gasteiger partial charge in [0.25, 0.3) is 0 Å². The van der Waals surface area contributed by atoms with Crippen LogP contribution in [0.15, 0.2) is 23.1 Å². The van der Waals surface area contributed by atoms with E-state index in [1.807, 2.05) is 6.92 Å². The number of rotatable bonds is 4. The summed E-state index contributed by atoms with van der Waals surface area (Å²) < 4.78 is 27.3. The van der Waals surface area contributed by atoms with E-state index in [9.17, 15) is 8.42 Å². The van der Waals surface area contributed by atoms with Gasteiger partial charge in [0.2, 0.25) is 10.0 Å². The van der Waals surface area contributed by atoms with Crippen molar-refractivity contribution in [1.82, 2.24) is 4.31 Å². The summed E-state index contributed by atoms with van der Waals surface area (Å²) in [6.07, 6.45) is 2.70. The summed E-state index contributed by atoms with van der Waals surface area (Å²) >= 11 is 4.94. The van der Waals surface area contributed by atoms with Crippen molar-refractivity contribution >= 4 is 27.2 Å². The summed E-state index contributed by atoms with van der Waals surface area (Å²) in [6, 6.07) is 5.22. The average molecular weight is 312 g/mol. The molecule has 0 bridgehead atoms. The van der Waals surface area contributed by atoms with Crippen molar-refractivity contribution in [2.24, 2.45) is 5.73 Å². The van der Waals surface area contributed by atoms with Crippen LogP contribution >= 0.6 is 12.2 Å². The Labute approximate surface area is 126 Å². The third-order valence-corrected chi connectivity index (χ3v) is 6.18. The first kappa shape index (κ1) is 15.4. The van der Waals surface area contributed by atoms with Crippen LogP contribution in [0.4, 0.5) is 0 Å². The Hall–Kier alpha value is -0.980. The molecule has 0 radical (unpaired) electrons. The number of hydrogen-bond donors (Lipinski definition) is 1. The van der Waals surface area contributed by atoms with Crippen LogP contribution in [0, 0.1) is 6.92 Å². The Morgan fingerprint density at radius 2 is 2.20 bits per heavy atom. The van der Waals surface area contributed by atoms with E-state index in [1.54, 1.807) is 29.4 Å². The summed E-state index contributed by atoms with van der Waals surface area (Å²) in [4.78, 5) is 0.540. The predicted octanol–water partition coefficient (Wildman–Crippen LogP) is 2.19. The van der Waals surface area contributed by atoms with Crippen LogP contribution < -0.4 is 5.73 Å². The summed E-state index contributed by atoms with van der Waals surface area (Å²) in [5.74, 6) is 0. The first-order valence-electron chi connectivity index (χ1n) is 6.80. The minimum absolute atomic E-state index is 0.105. The van der Waals surface area contributed by atoms with Gasteiger partial charge in [-0.3, -0.25) is 0 Å². The van der Waals surface area contributed by atoms with Crippen LogP contribution in [0.5, 0.6) is 0 Å². The molecule has 1 aromatic carbocycles. The Bertz CT molecular complexity index is 626. The molecule has 1 aromatic rings. The highest BCUT2D eigenvalue weighted by Crippen LogP contribution is 2.29. The number of sulfonamides is 1. The van der Waals surface area contributed by atoms with Crippen LogP contribution in [0.25, 0.3) is 0 Å². The van der Waals surface area contributed by atoms with Crippen LogP contribution in [-0.4, -0.2) is 30.3 Å². The average Bonchev–Trinajstić information content (AvgIpc) is 2.87. The topological polar surface area (TPSA) is 63.4 Å². The SMILES string of the molecule is CCC1CCCN1S(=O)(=O)c1cc(C(N)=S)ccc1C. The molecule has 1 atom stereocenters. The van der Waals surface area contributed by atoms with Crippen LogP contribution in [0.1, 0.15) is 37.3 Å². The standard InChI is InChI=1S/C14H20N2O2S2/c1-3-12-5-4-8-16(12)20(17,18)13-9-11(14(15)19)7-6-10(13)2/h6-7,9,12H,3-5,8H2,1-2H3,(H2,15,19). The molecular formula is C14H20N2O2S2. The van der Waals surface area contributed by atoms with Gasteiger partial charge in [-0.2, -0.15) is 4.31 Å². The van der Waals surface area contributed by atoms with Gasteiger partial charge in [0.15, 0.2) is 0 Å². The third kappa shape index (κ3) is 2.73. The molecule has 6 heteroatoms. The molecule has 0 aromatic heterocycles. The number of nitrogens with zero attached hydrogens (tertiary/aromatic N) is 1. The van der Waals surface area contributed by atoms with E-state index in [-0.39, 0.29) is 11.0 Å². The molecule has 0 aliphatic carbocycles. The van der Waals surface area contributed by atoms with Gasteiger partial charge in [-0.1, -0.05) is 31.3 Å². The molecule has 1 unspecified atom stereocenters. The molecule has 1 aliphatic heterocycles. The lowest BCUT2D eigenvalue weighted by molar-refractivity contribution is 0.379. The molecule has 1 fully saturated rings. The summed E-state index contributed by atoms with van der Waals surface area (Å²) in [5.41, 5.74) is 6.93. The second kappa shape index (κ2) is 5.79. The number of aryl methyl sites for hydroxylation is 1. The lowest BCUT2D eigenvalue weighted by Gasteiger charge is -2.24. The van der Waals surface area contributed by atoms with E-state index in [0.29, 0.717) is 17.0 Å². The smallest absolute Gasteiger partial charge is 0.243 e. The molecule has 0 amide bonds. The zero-order valence-corrected chi connectivity index (χ0v) is 13.4. The maximum atomic E-state index is 12.8. The molecule has 110 valence electrons. The van der Waals surface area contributed by atoms with Gasteiger partial charge in [-0.25, -0.2) is 8.42 Å². The Balaban J connectivity index is 2.48. The highest BCUT2D eigenvalue weighted by Gasteiger charge is 2.35. The van der Waals surface area contributed by atoms with Gasteiger partial charge in [0, 0.05) is 18.2 Å². The molecule has 1 aliphatic rings.